The highest BCUT2D eigenvalue weighted by atomic mass is 32.2. The number of aromatic nitrogens is 2. The maximum absolute atomic E-state index is 12.5. The standard InChI is InChI=1S/C20H21N5O6S2/c1-31-17-6-3-5-16(13-17)25(32(2,27)28)14-19(26)23-15-7-9-18(10-8-15)33(29,30)24-20-21-11-4-12-22-20/h3-13H,14H2,1-2H3,(H,23,26)(H,21,22,24). The summed E-state index contributed by atoms with van der Waals surface area (Å²) in [5.74, 6) is -0.254. The Kier molecular flexibility index (Phi) is 7.13. The molecule has 1 heterocycles. The number of carbonyl (C=O) groups is 1. The normalized spacial score (nSPS) is 11.5. The molecule has 2 N–H and O–H groups in total. The van der Waals surface area contributed by atoms with Crippen LogP contribution in [0.3, 0.4) is 0 Å². The Hall–Kier alpha value is -3.71. The van der Waals surface area contributed by atoms with Crippen molar-refractivity contribution in [2.75, 3.05) is 34.3 Å². The average molecular weight is 492 g/mol. The molecule has 2 aromatic carbocycles. The second-order valence-electron chi connectivity index (χ2n) is 6.72. The average Bonchev–Trinajstić information content (AvgIpc) is 2.77. The summed E-state index contributed by atoms with van der Waals surface area (Å²) in [5.41, 5.74) is 0.552. The lowest BCUT2D eigenvalue weighted by Crippen LogP contribution is -2.37. The molecule has 13 heteroatoms. The van der Waals surface area contributed by atoms with Crippen molar-refractivity contribution in [2.45, 2.75) is 4.90 Å². The predicted octanol–water partition coefficient (Wildman–Crippen LogP) is 1.69. The van der Waals surface area contributed by atoms with Gasteiger partial charge in [-0.2, -0.15) is 0 Å². The second kappa shape index (κ2) is 9.83. The molecule has 0 radical (unpaired) electrons. The van der Waals surface area contributed by atoms with Crippen LogP contribution in [-0.4, -0.2) is 52.6 Å². The number of nitrogens with zero attached hydrogens (tertiary/aromatic N) is 3. The molecule has 0 atom stereocenters. The molecule has 174 valence electrons. The fourth-order valence-corrected chi connectivity index (χ4v) is 4.55. The molecular weight excluding hydrogens is 470 g/mol. The minimum Gasteiger partial charge on any atom is -0.497 e. The molecule has 1 amide bonds. The summed E-state index contributed by atoms with van der Waals surface area (Å²) >= 11 is 0. The third-order valence-corrected chi connectivity index (χ3v) is 6.75. The zero-order valence-electron chi connectivity index (χ0n) is 17.7. The van der Waals surface area contributed by atoms with Gasteiger partial charge in [-0.3, -0.25) is 9.10 Å². The Morgan fingerprint density at radius 3 is 2.27 bits per heavy atom. The summed E-state index contributed by atoms with van der Waals surface area (Å²) in [4.78, 5) is 20.1. The number of sulfonamides is 2. The molecule has 0 saturated carbocycles. The molecular formula is C20H21N5O6S2. The minimum absolute atomic E-state index is 0.0675. The molecule has 0 spiro atoms. The topological polar surface area (TPSA) is 148 Å². The van der Waals surface area contributed by atoms with Crippen molar-refractivity contribution in [1.29, 1.82) is 0 Å². The maximum Gasteiger partial charge on any atom is 0.264 e. The third-order valence-electron chi connectivity index (χ3n) is 4.27. The van der Waals surface area contributed by atoms with Gasteiger partial charge >= 0.3 is 0 Å². The smallest absolute Gasteiger partial charge is 0.264 e. The number of nitrogens with one attached hydrogen (secondary N) is 2. The number of ether oxygens (including phenoxy) is 1. The third kappa shape index (κ3) is 6.40. The molecule has 3 aromatic rings. The summed E-state index contributed by atoms with van der Waals surface area (Å²) in [5, 5.41) is 2.55. The number of rotatable bonds is 9. The first-order valence-corrected chi connectivity index (χ1v) is 12.7. The molecule has 3 rings (SSSR count). The Morgan fingerprint density at radius 1 is 1.00 bits per heavy atom. The molecule has 0 saturated heterocycles. The van der Waals surface area contributed by atoms with Crippen LogP contribution >= 0.6 is 0 Å². The second-order valence-corrected chi connectivity index (χ2v) is 10.3. The van der Waals surface area contributed by atoms with Crippen LogP contribution in [0, 0.1) is 0 Å². The molecule has 0 unspecified atom stereocenters. The molecule has 11 nitrogen and oxygen atoms in total. The maximum atomic E-state index is 12.5. The van der Waals surface area contributed by atoms with Crippen LogP contribution in [0.5, 0.6) is 5.75 Å². The van der Waals surface area contributed by atoms with E-state index in [0.29, 0.717) is 5.75 Å². The van der Waals surface area contributed by atoms with Crippen LogP contribution in [0.25, 0.3) is 0 Å². The summed E-state index contributed by atoms with van der Waals surface area (Å²) in [6, 6.07) is 13.2. The van der Waals surface area contributed by atoms with E-state index in [9.17, 15) is 21.6 Å². The van der Waals surface area contributed by atoms with Gasteiger partial charge in [-0.1, -0.05) is 6.07 Å². The van der Waals surface area contributed by atoms with Crippen LogP contribution < -0.4 is 19.1 Å². The van der Waals surface area contributed by atoms with Gasteiger partial charge in [0.2, 0.25) is 21.9 Å². The van der Waals surface area contributed by atoms with E-state index in [1.54, 1.807) is 24.3 Å². The first-order valence-electron chi connectivity index (χ1n) is 9.40. The van der Waals surface area contributed by atoms with E-state index < -0.39 is 32.5 Å². The van der Waals surface area contributed by atoms with Crippen molar-refractivity contribution in [2.24, 2.45) is 0 Å². The van der Waals surface area contributed by atoms with Crippen LogP contribution in [0.1, 0.15) is 0 Å². The Labute approximate surface area is 191 Å². The van der Waals surface area contributed by atoms with E-state index in [0.717, 1.165) is 10.6 Å². The van der Waals surface area contributed by atoms with Gasteiger partial charge in [0.15, 0.2) is 0 Å². The fraction of sp³-hybridized carbons (Fsp3) is 0.150. The fourth-order valence-electron chi connectivity index (χ4n) is 2.74. The van der Waals surface area contributed by atoms with Crippen molar-refractivity contribution >= 4 is 43.3 Å². The molecule has 0 aliphatic heterocycles. The number of methoxy groups -OCH3 is 1. The van der Waals surface area contributed by atoms with Gasteiger partial charge in [-0.05, 0) is 42.5 Å². The minimum atomic E-state index is -3.93. The Bertz CT molecular complexity index is 1330. The van der Waals surface area contributed by atoms with Gasteiger partial charge in [0.1, 0.15) is 12.3 Å². The summed E-state index contributed by atoms with van der Waals surface area (Å²) in [6.45, 7) is -0.487. The van der Waals surface area contributed by atoms with Gasteiger partial charge in [0.05, 0.1) is 23.9 Å². The summed E-state index contributed by atoms with van der Waals surface area (Å²) < 4.78 is 57.7. The highest BCUT2D eigenvalue weighted by molar-refractivity contribution is 7.92. The lowest BCUT2D eigenvalue weighted by molar-refractivity contribution is -0.114. The first kappa shape index (κ1) is 23.9. The molecule has 0 fully saturated rings. The number of hydrogen-bond acceptors (Lipinski definition) is 8. The van der Waals surface area contributed by atoms with Crippen molar-refractivity contribution < 1.29 is 26.4 Å². The molecule has 0 aliphatic rings. The lowest BCUT2D eigenvalue weighted by atomic mass is 10.3. The largest absolute Gasteiger partial charge is 0.497 e. The van der Waals surface area contributed by atoms with Crippen molar-refractivity contribution in [1.82, 2.24) is 9.97 Å². The van der Waals surface area contributed by atoms with Crippen molar-refractivity contribution in [3.05, 3.63) is 67.0 Å². The Balaban J connectivity index is 1.71. The molecule has 0 bridgehead atoms. The quantitative estimate of drug-likeness (QED) is 0.459. The van der Waals surface area contributed by atoms with E-state index in [1.807, 2.05) is 0 Å². The monoisotopic (exact) mass is 491 g/mol. The predicted molar refractivity (Wildman–Crippen MR) is 123 cm³/mol. The van der Waals surface area contributed by atoms with Crippen molar-refractivity contribution in [3.63, 3.8) is 0 Å². The van der Waals surface area contributed by atoms with Gasteiger partial charge < -0.3 is 10.1 Å². The zero-order valence-corrected chi connectivity index (χ0v) is 19.3. The highest BCUT2D eigenvalue weighted by Crippen LogP contribution is 2.23. The van der Waals surface area contributed by atoms with Crippen LogP contribution in [0.4, 0.5) is 17.3 Å². The van der Waals surface area contributed by atoms with Crippen LogP contribution in [-0.2, 0) is 24.8 Å². The Morgan fingerprint density at radius 2 is 1.67 bits per heavy atom. The van der Waals surface area contributed by atoms with Crippen LogP contribution in [0.15, 0.2) is 71.9 Å². The number of hydrogen-bond donors (Lipinski definition) is 2. The van der Waals surface area contributed by atoms with E-state index in [2.05, 4.69) is 20.0 Å². The molecule has 0 aliphatic carbocycles. The van der Waals surface area contributed by atoms with Crippen molar-refractivity contribution in [3.8, 4) is 5.75 Å². The summed E-state index contributed by atoms with van der Waals surface area (Å²) in [7, 11) is -6.25. The molecule has 33 heavy (non-hydrogen) atoms. The van der Waals surface area contributed by atoms with E-state index in [4.69, 9.17) is 4.74 Å². The van der Waals surface area contributed by atoms with Gasteiger partial charge in [-0.25, -0.2) is 31.5 Å². The van der Waals surface area contributed by atoms with E-state index in [1.165, 1.54) is 49.8 Å². The van der Waals surface area contributed by atoms with Crippen LogP contribution in [0.2, 0.25) is 0 Å². The molecule has 1 aromatic heterocycles. The van der Waals surface area contributed by atoms with Gasteiger partial charge in [0, 0.05) is 24.1 Å². The van der Waals surface area contributed by atoms with E-state index in [-0.39, 0.29) is 22.2 Å². The highest BCUT2D eigenvalue weighted by Gasteiger charge is 2.22. The number of benzene rings is 2. The van der Waals surface area contributed by atoms with E-state index >= 15 is 0 Å². The van der Waals surface area contributed by atoms with Gasteiger partial charge in [0.25, 0.3) is 10.0 Å². The number of amides is 1. The number of anilines is 3. The number of carbonyl (C=O) groups excluding carboxylic acids is 1. The summed E-state index contributed by atoms with van der Waals surface area (Å²) in [6.07, 6.45) is 3.78. The van der Waals surface area contributed by atoms with Gasteiger partial charge in [-0.15, -0.1) is 0 Å². The first-order chi connectivity index (χ1) is 15.6. The lowest BCUT2D eigenvalue weighted by Gasteiger charge is -2.22. The zero-order chi connectivity index (χ0) is 24.1. The SMILES string of the molecule is COc1cccc(N(CC(=O)Nc2ccc(S(=O)(=O)Nc3ncccn3)cc2)S(C)(=O)=O)c1.